The number of H-pyrrole nitrogens is 1. The van der Waals surface area contributed by atoms with Gasteiger partial charge in [0, 0.05) is 67.3 Å². The number of nitrogens with one attached hydrogen (secondary N) is 2. The standard InChI is InChI=1S/C26H30N5P.C2H4O2/c1-30-13-15-31(16-14-30)20-8-6-7-19(17-20)24-18-21-22(11-12-27-26(21)29-24)28-23-9-4-5-10-25(23)32(2)3;1-2(3)4/h4-12,17-18H,13-16H2,1-3H3,(H2,27,28,29);1H3,(H,3,4). The van der Waals surface area contributed by atoms with E-state index in [9.17, 15) is 0 Å². The van der Waals surface area contributed by atoms with Crippen molar-refractivity contribution in [3.8, 4) is 11.3 Å². The molecule has 8 heteroatoms. The highest BCUT2D eigenvalue weighted by atomic mass is 31.1. The second-order valence-corrected chi connectivity index (χ2v) is 11.5. The first kappa shape index (κ1) is 25.7. The summed E-state index contributed by atoms with van der Waals surface area (Å²) in [6.45, 7) is 10.0. The van der Waals surface area contributed by atoms with Crippen LogP contribution in [0.2, 0.25) is 0 Å². The number of likely N-dealkylation sites (N-methyl/N-ethyl adjacent to an activating group) is 1. The van der Waals surface area contributed by atoms with Gasteiger partial charge in [-0.05, 0) is 56.0 Å². The number of pyridine rings is 1. The Hall–Kier alpha value is -3.41. The van der Waals surface area contributed by atoms with Crippen molar-refractivity contribution >= 4 is 47.3 Å². The summed E-state index contributed by atoms with van der Waals surface area (Å²) in [6, 6.07) is 21.7. The topological polar surface area (TPSA) is 84.5 Å². The molecule has 0 aliphatic carbocycles. The lowest BCUT2D eigenvalue weighted by molar-refractivity contribution is -0.134. The summed E-state index contributed by atoms with van der Waals surface area (Å²) < 4.78 is 0. The molecule has 1 aliphatic rings. The van der Waals surface area contributed by atoms with E-state index in [1.54, 1.807) is 0 Å². The molecule has 4 aromatic rings. The molecule has 3 N–H and O–H groups in total. The zero-order valence-corrected chi connectivity index (χ0v) is 22.2. The SMILES string of the molecule is CC(=O)O.CN1CCN(c2cccc(-c3cc4c(Nc5ccccc5P(C)C)ccnc4[nH]3)c2)CC1. The van der Waals surface area contributed by atoms with Gasteiger partial charge in [0.1, 0.15) is 5.65 Å². The maximum absolute atomic E-state index is 9.00. The van der Waals surface area contributed by atoms with Gasteiger partial charge in [-0.25, -0.2) is 4.98 Å². The van der Waals surface area contributed by atoms with Gasteiger partial charge in [-0.3, -0.25) is 4.79 Å². The van der Waals surface area contributed by atoms with Crippen LogP contribution in [0, 0.1) is 0 Å². The smallest absolute Gasteiger partial charge is 0.300 e. The van der Waals surface area contributed by atoms with E-state index < -0.39 is 5.97 Å². The Bertz CT molecular complexity index is 1320. The van der Waals surface area contributed by atoms with Gasteiger partial charge >= 0.3 is 0 Å². The highest BCUT2D eigenvalue weighted by molar-refractivity contribution is 7.64. The van der Waals surface area contributed by atoms with Crippen molar-refractivity contribution in [2.24, 2.45) is 0 Å². The number of anilines is 3. The van der Waals surface area contributed by atoms with Gasteiger partial charge in [-0.2, -0.15) is 0 Å². The van der Waals surface area contributed by atoms with Crippen molar-refractivity contribution in [2.75, 3.05) is 56.8 Å². The molecule has 1 saturated heterocycles. The molecule has 188 valence electrons. The third-order valence-electron chi connectivity index (χ3n) is 6.21. The van der Waals surface area contributed by atoms with Gasteiger partial charge < -0.3 is 25.2 Å². The van der Waals surface area contributed by atoms with Crippen LogP contribution in [-0.4, -0.2) is 72.5 Å². The highest BCUT2D eigenvalue weighted by Gasteiger charge is 2.16. The molecule has 0 spiro atoms. The first-order valence-electron chi connectivity index (χ1n) is 12.1. The van der Waals surface area contributed by atoms with Crippen LogP contribution in [0.25, 0.3) is 22.3 Å². The molecule has 36 heavy (non-hydrogen) atoms. The Morgan fingerprint density at radius 1 is 1.00 bits per heavy atom. The number of nitrogens with zero attached hydrogens (tertiary/aromatic N) is 3. The fourth-order valence-electron chi connectivity index (χ4n) is 4.34. The van der Waals surface area contributed by atoms with Crippen LogP contribution in [-0.2, 0) is 4.79 Å². The summed E-state index contributed by atoms with van der Waals surface area (Å²) >= 11 is 0. The predicted molar refractivity (Wildman–Crippen MR) is 153 cm³/mol. The van der Waals surface area contributed by atoms with E-state index in [1.807, 2.05) is 6.20 Å². The highest BCUT2D eigenvalue weighted by Crippen LogP contribution is 2.33. The lowest BCUT2D eigenvalue weighted by atomic mass is 10.1. The van der Waals surface area contributed by atoms with Crippen molar-refractivity contribution < 1.29 is 9.90 Å². The van der Waals surface area contributed by atoms with E-state index in [4.69, 9.17) is 9.90 Å². The summed E-state index contributed by atoms with van der Waals surface area (Å²) in [7, 11) is 2.00. The zero-order valence-electron chi connectivity index (χ0n) is 21.3. The molecular formula is C28H34N5O2P. The average Bonchev–Trinajstić information content (AvgIpc) is 3.30. The predicted octanol–water partition coefficient (Wildman–Crippen LogP) is 5.18. The molecule has 0 unspecified atom stereocenters. The third kappa shape index (κ3) is 6.23. The number of carboxylic acids is 1. The number of hydrogen-bond acceptors (Lipinski definition) is 5. The number of piperazine rings is 1. The molecule has 1 aliphatic heterocycles. The van der Waals surface area contributed by atoms with Gasteiger partial charge in [-0.15, -0.1) is 0 Å². The number of aromatic amines is 1. The Kier molecular flexibility index (Phi) is 8.24. The molecule has 5 rings (SSSR count). The summed E-state index contributed by atoms with van der Waals surface area (Å²) in [6.07, 6.45) is 1.87. The average molecular weight is 504 g/mol. The van der Waals surface area contributed by atoms with Gasteiger partial charge in [-0.1, -0.05) is 38.3 Å². The fourth-order valence-corrected chi connectivity index (χ4v) is 5.34. The van der Waals surface area contributed by atoms with E-state index in [0.717, 1.165) is 55.5 Å². The quantitative estimate of drug-likeness (QED) is 0.326. The third-order valence-corrected chi connectivity index (χ3v) is 7.57. The summed E-state index contributed by atoms with van der Waals surface area (Å²) in [5.74, 6) is -0.833. The number of para-hydroxylation sites is 1. The van der Waals surface area contributed by atoms with Gasteiger partial charge in [0.05, 0.1) is 5.69 Å². The molecule has 2 aromatic carbocycles. The van der Waals surface area contributed by atoms with Crippen molar-refractivity contribution in [1.29, 1.82) is 0 Å². The minimum atomic E-state index is -0.833. The van der Waals surface area contributed by atoms with Gasteiger partial charge in [0.15, 0.2) is 0 Å². The Morgan fingerprint density at radius 2 is 1.72 bits per heavy atom. The van der Waals surface area contributed by atoms with Crippen LogP contribution in [0.3, 0.4) is 0 Å². The molecule has 0 bridgehead atoms. The number of aromatic nitrogens is 2. The number of fused-ring (bicyclic) bond motifs is 1. The van der Waals surface area contributed by atoms with Gasteiger partial charge in [0.2, 0.25) is 0 Å². The number of rotatable bonds is 5. The second kappa shape index (κ2) is 11.5. The number of aliphatic carboxylic acids is 1. The Morgan fingerprint density at radius 3 is 2.44 bits per heavy atom. The minimum absolute atomic E-state index is 0.193. The van der Waals surface area contributed by atoms with Crippen LogP contribution in [0.5, 0.6) is 0 Å². The van der Waals surface area contributed by atoms with E-state index in [1.165, 1.54) is 22.2 Å². The maximum Gasteiger partial charge on any atom is 0.300 e. The molecule has 7 nitrogen and oxygen atoms in total. The molecule has 0 saturated carbocycles. The summed E-state index contributed by atoms with van der Waals surface area (Å²) in [5.41, 5.74) is 6.74. The molecular weight excluding hydrogens is 469 g/mol. The first-order valence-corrected chi connectivity index (χ1v) is 14.3. The fraction of sp³-hybridized carbons (Fsp3) is 0.286. The molecule has 0 radical (unpaired) electrons. The van der Waals surface area contributed by atoms with E-state index in [2.05, 4.69) is 106 Å². The summed E-state index contributed by atoms with van der Waals surface area (Å²) in [4.78, 5) is 22.0. The van der Waals surface area contributed by atoms with Crippen LogP contribution in [0.15, 0.2) is 66.9 Å². The number of carboxylic acid groups (broad SMARTS) is 1. The van der Waals surface area contributed by atoms with Crippen molar-refractivity contribution in [1.82, 2.24) is 14.9 Å². The normalized spacial score (nSPS) is 14.0. The Balaban J connectivity index is 0.000000709. The van der Waals surface area contributed by atoms with Crippen molar-refractivity contribution in [3.63, 3.8) is 0 Å². The molecule has 2 aromatic heterocycles. The molecule has 0 atom stereocenters. The maximum atomic E-state index is 9.00. The number of hydrogen-bond donors (Lipinski definition) is 3. The lowest BCUT2D eigenvalue weighted by Gasteiger charge is -2.34. The lowest BCUT2D eigenvalue weighted by Crippen LogP contribution is -2.44. The number of benzene rings is 2. The van der Waals surface area contributed by atoms with Crippen molar-refractivity contribution in [2.45, 2.75) is 6.92 Å². The second-order valence-electron chi connectivity index (χ2n) is 9.20. The largest absolute Gasteiger partial charge is 0.481 e. The van der Waals surface area contributed by atoms with Crippen LogP contribution < -0.4 is 15.5 Å². The van der Waals surface area contributed by atoms with Crippen LogP contribution in [0.1, 0.15) is 6.92 Å². The van der Waals surface area contributed by atoms with Crippen LogP contribution >= 0.6 is 7.92 Å². The number of carbonyl (C=O) groups is 1. The molecule has 3 heterocycles. The van der Waals surface area contributed by atoms with Crippen LogP contribution in [0.4, 0.5) is 17.1 Å². The minimum Gasteiger partial charge on any atom is -0.481 e. The zero-order chi connectivity index (χ0) is 25.7. The van der Waals surface area contributed by atoms with E-state index in [-0.39, 0.29) is 7.92 Å². The van der Waals surface area contributed by atoms with E-state index >= 15 is 0 Å². The monoisotopic (exact) mass is 503 g/mol. The van der Waals surface area contributed by atoms with Gasteiger partial charge in [0.25, 0.3) is 5.97 Å². The Labute approximate surface area is 213 Å². The molecule has 0 amide bonds. The van der Waals surface area contributed by atoms with E-state index in [0.29, 0.717) is 0 Å². The summed E-state index contributed by atoms with van der Waals surface area (Å²) in [5, 5.41) is 13.6. The molecule has 1 fully saturated rings. The first-order chi connectivity index (χ1) is 17.3. The van der Waals surface area contributed by atoms with Crippen molar-refractivity contribution in [3.05, 3.63) is 66.9 Å².